The van der Waals surface area contributed by atoms with Gasteiger partial charge in [0.25, 0.3) is 0 Å². The van der Waals surface area contributed by atoms with Crippen LogP contribution in [-0.2, 0) is 6.42 Å². The van der Waals surface area contributed by atoms with Gasteiger partial charge in [0.15, 0.2) is 0 Å². The number of anilines is 2. The highest BCUT2D eigenvalue weighted by Gasteiger charge is 1.97. The molecule has 3 nitrogen and oxygen atoms in total. The lowest BCUT2D eigenvalue weighted by atomic mass is 10.2. The zero-order valence-electron chi connectivity index (χ0n) is 9.98. The number of nitrogen functional groups attached to an aromatic ring is 1. The molecule has 3 N–H and O–H groups in total. The quantitative estimate of drug-likeness (QED) is 0.789. The Hall–Kier alpha value is -2.03. The van der Waals surface area contributed by atoms with E-state index in [0.717, 1.165) is 35.6 Å². The van der Waals surface area contributed by atoms with E-state index in [-0.39, 0.29) is 0 Å². The molecule has 3 heteroatoms. The van der Waals surface area contributed by atoms with Gasteiger partial charge < -0.3 is 11.1 Å². The van der Waals surface area contributed by atoms with Crippen molar-refractivity contribution in [2.45, 2.75) is 13.3 Å². The average molecular weight is 227 g/mol. The fourth-order valence-corrected chi connectivity index (χ4v) is 1.63. The van der Waals surface area contributed by atoms with Crippen LogP contribution in [0.3, 0.4) is 0 Å². The molecule has 17 heavy (non-hydrogen) atoms. The van der Waals surface area contributed by atoms with Crippen LogP contribution in [0.15, 0.2) is 42.6 Å². The van der Waals surface area contributed by atoms with Crippen molar-refractivity contribution in [2.75, 3.05) is 17.6 Å². The largest absolute Gasteiger partial charge is 0.398 e. The second-order valence-corrected chi connectivity index (χ2v) is 4.07. The molecule has 1 aromatic carbocycles. The summed E-state index contributed by atoms with van der Waals surface area (Å²) in [4.78, 5) is 4.28. The standard InChI is InChI=1S/C14H17N3/c1-11-5-6-13(10-14(11)15)17-9-7-12-4-2-3-8-16-12/h2-6,8,10,17H,7,9,15H2,1H3. The van der Waals surface area contributed by atoms with Gasteiger partial charge in [0.2, 0.25) is 0 Å². The molecule has 0 unspecified atom stereocenters. The van der Waals surface area contributed by atoms with Gasteiger partial charge >= 0.3 is 0 Å². The summed E-state index contributed by atoms with van der Waals surface area (Å²) in [6, 6.07) is 12.0. The molecule has 2 rings (SSSR count). The van der Waals surface area contributed by atoms with Gasteiger partial charge in [-0.1, -0.05) is 12.1 Å². The normalized spacial score (nSPS) is 10.2. The van der Waals surface area contributed by atoms with Crippen molar-refractivity contribution >= 4 is 11.4 Å². The van der Waals surface area contributed by atoms with Crippen LogP contribution in [-0.4, -0.2) is 11.5 Å². The molecule has 0 spiro atoms. The van der Waals surface area contributed by atoms with Gasteiger partial charge in [0.1, 0.15) is 0 Å². The molecule has 0 radical (unpaired) electrons. The number of hydrogen-bond donors (Lipinski definition) is 2. The maximum absolute atomic E-state index is 5.85. The predicted octanol–water partition coefficient (Wildman–Crippen LogP) is 2.63. The summed E-state index contributed by atoms with van der Waals surface area (Å²) < 4.78 is 0. The highest BCUT2D eigenvalue weighted by molar-refractivity contribution is 5.58. The fourth-order valence-electron chi connectivity index (χ4n) is 1.63. The lowest BCUT2D eigenvalue weighted by Gasteiger charge is -2.08. The lowest BCUT2D eigenvalue weighted by molar-refractivity contribution is 0.961. The first kappa shape index (κ1) is 11.5. The summed E-state index contributed by atoms with van der Waals surface area (Å²) in [6.45, 7) is 2.87. The third-order valence-electron chi connectivity index (χ3n) is 2.72. The Bertz CT molecular complexity index is 480. The Morgan fingerprint density at radius 2 is 2.12 bits per heavy atom. The van der Waals surface area contributed by atoms with Crippen LogP contribution in [0.5, 0.6) is 0 Å². The van der Waals surface area contributed by atoms with Crippen molar-refractivity contribution in [2.24, 2.45) is 0 Å². The molecule has 0 aliphatic heterocycles. The smallest absolute Gasteiger partial charge is 0.0421 e. The van der Waals surface area contributed by atoms with Crippen LogP contribution in [0.25, 0.3) is 0 Å². The molecule has 0 saturated heterocycles. The molecule has 0 bridgehead atoms. The van der Waals surface area contributed by atoms with Gasteiger partial charge in [0.05, 0.1) is 0 Å². The van der Waals surface area contributed by atoms with Crippen molar-refractivity contribution in [1.29, 1.82) is 0 Å². The Morgan fingerprint density at radius 1 is 1.24 bits per heavy atom. The topological polar surface area (TPSA) is 50.9 Å². The number of nitrogens with zero attached hydrogens (tertiary/aromatic N) is 1. The Labute approximate surface area is 102 Å². The van der Waals surface area contributed by atoms with Gasteiger partial charge in [0, 0.05) is 36.2 Å². The molecule has 1 aromatic heterocycles. The summed E-state index contributed by atoms with van der Waals surface area (Å²) >= 11 is 0. The van der Waals surface area contributed by atoms with Crippen LogP contribution < -0.4 is 11.1 Å². The number of aryl methyl sites for hydroxylation is 1. The summed E-state index contributed by atoms with van der Waals surface area (Å²) in [5.74, 6) is 0. The van der Waals surface area contributed by atoms with Gasteiger partial charge in [-0.3, -0.25) is 4.98 Å². The average Bonchev–Trinajstić information content (AvgIpc) is 2.35. The molecule has 88 valence electrons. The van der Waals surface area contributed by atoms with Gasteiger partial charge in [-0.2, -0.15) is 0 Å². The Kier molecular flexibility index (Phi) is 3.60. The third kappa shape index (κ3) is 3.21. The Morgan fingerprint density at radius 3 is 2.82 bits per heavy atom. The second-order valence-electron chi connectivity index (χ2n) is 4.07. The van der Waals surface area contributed by atoms with Crippen LogP contribution in [0.4, 0.5) is 11.4 Å². The number of nitrogens with two attached hydrogens (primary N) is 1. The molecule has 0 amide bonds. The van der Waals surface area contributed by atoms with Gasteiger partial charge in [-0.25, -0.2) is 0 Å². The maximum atomic E-state index is 5.85. The van der Waals surface area contributed by atoms with Crippen LogP contribution >= 0.6 is 0 Å². The molecule has 0 aliphatic carbocycles. The second kappa shape index (κ2) is 5.34. The fraction of sp³-hybridized carbons (Fsp3) is 0.214. The van der Waals surface area contributed by atoms with E-state index in [4.69, 9.17) is 5.73 Å². The molecule has 2 aromatic rings. The number of benzene rings is 1. The molecule has 0 atom stereocenters. The highest BCUT2D eigenvalue weighted by atomic mass is 14.9. The summed E-state index contributed by atoms with van der Waals surface area (Å²) in [7, 11) is 0. The van der Waals surface area contributed by atoms with Gasteiger partial charge in [-0.05, 0) is 36.8 Å². The molecular weight excluding hydrogens is 210 g/mol. The van der Waals surface area contributed by atoms with Crippen molar-refractivity contribution in [1.82, 2.24) is 4.98 Å². The number of rotatable bonds is 4. The van der Waals surface area contributed by atoms with Crippen LogP contribution in [0, 0.1) is 6.92 Å². The van der Waals surface area contributed by atoms with E-state index < -0.39 is 0 Å². The number of pyridine rings is 1. The predicted molar refractivity (Wildman–Crippen MR) is 72.0 cm³/mol. The van der Waals surface area contributed by atoms with Crippen molar-refractivity contribution < 1.29 is 0 Å². The van der Waals surface area contributed by atoms with E-state index in [0.29, 0.717) is 0 Å². The zero-order valence-corrected chi connectivity index (χ0v) is 9.98. The molecular formula is C14H17N3. The Balaban J connectivity index is 1.88. The maximum Gasteiger partial charge on any atom is 0.0421 e. The van der Waals surface area contributed by atoms with E-state index in [2.05, 4.69) is 10.3 Å². The molecule has 1 heterocycles. The summed E-state index contributed by atoms with van der Waals surface area (Å²) in [6.07, 6.45) is 2.73. The van der Waals surface area contributed by atoms with E-state index in [1.807, 2.05) is 49.5 Å². The summed E-state index contributed by atoms with van der Waals surface area (Å²) in [5, 5.41) is 3.34. The first-order valence-corrected chi connectivity index (χ1v) is 5.75. The molecule has 0 saturated carbocycles. The SMILES string of the molecule is Cc1ccc(NCCc2ccccn2)cc1N. The highest BCUT2D eigenvalue weighted by Crippen LogP contribution is 2.16. The minimum absolute atomic E-state index is 0.827. The minimum Gasteiger partial charge on any atom is -0.398 e. The lowest BCUT2D eigenvalue weighted by Crippen LogP contribution is -2.06. The van der Waals surface area contributed by atoms with E-state index >= 15 is 0 Å². The van der Waals surface area contributed by atoms with Crippen LogP contribution in [0.2, 0.25) is 0 Å². The van der Waals surface area contributed by atoms with Crippen molar-refractivity contribution in [3.8, 4) is 0 Å². The van der Waals surface area contributed by atoms with E-state index in [9.17, 15) is 0 Å². The molecule has 0 fully saturated rings. The summed E-state index contributed by atoms with van der Waals surface area (Å²) in [5.41, 5.74) is 9.95. The first-order chi connectivity index (χ1) is 8.25. The number of aromatic nitrogens is 1. The van der Waals surface area contributed by atoms with Gasteiger partial charge in [-0.15, -0.1) is 0 Å². The van der Waals surface area contributed by atoms with Crippen LogP contribution in [0.1, 0.15) is 11.3 Å². The third-order valence-corrected chi connectivity index (χ3v) is 2.72. The number of nitrogens with one attached hydrogen (secondary N) is 1. The minimum atomic E-state index is 0.827. The zero-order chi connectivity index (χ0) is 12.1. The monoisotopic (exact) mass is 227 g/mol. The number of hydrogen-bond acceptors (Lipinski definition) is 3. The molecule has 0 aliphatic rings. The first-order valence-electron chi connectivity index (χ1n) is 5.75. The van der Waals surface area contributed by atoms with E-state index in [1.165, 1.54) is 0 Å². The van der Waals surface area contributed by atoms with E-state index in [1.54, 1.807) is 0 Å². The van der Waals surface area contributed by atoms with Crippen molar-refractivity contribution in [3.05, 3.63) is 53.9 Å². The van der Waals surface area contributed by atoms with Crippen molar-refractivity contribution in [3.63, 3.8) is 0 Å².